The molecule has 0 aromatic heterocycles. The van der Waals surface area contributed by atoms with Gasteiger partial charge in [0.05, 0.1) is 10.6 Å². The van der Waals surface area contributed by atoms with Gasteiger partial charge < -0.3 is 10.6 Å². The molecule has 1 aliphatic carbocycles. The second kappa shape index (κ2) is 6.95. The van der Waals surface area contributed by atoms with Crippen molar-refractivity contribution in [1.82, 2.24) is 5.32 Å². The summed E-state index contributed by atoms with van der Waals surface area (Å²) in [5.41, 5.74) is 2.44. The highest BCUT2D eigenvalue weighted by Gasteiger charge is 2.20. The van der Waals surface area contributed by atoms with Crippen LogP contribution in [-0.4, -0.2) is 12.5 Å². The van der Waals surface area contributed by atoms with Gasteiger partial charge in [-0.1, -0.05) is 35.9 Å². The van der Waals surface area contributed by atoms with Crippen LogP contribution in [0.4, 0.5) is 5.69 Å². The number of carbonyl (C=O) groups is 1. The Bertz CT molecular complexity index is 668. The molecule has 114 valence electrons. The number of carbonyl (C=O) groups excluding carboxylic acids is 1. The van der Waals surface area contributed by atoms with Crippen LogP contribution in [0.3, 0.4) is 0 Å². The zero-order chi connectivity index (χ0) is 15.4. The first-order valence-electron chi connectivity index (χ1n) is 7.58. The molecule has 0 saturated heterocycles. The Hall–Kier alpha value is -1.84. The average Bonchev–Trinajstić information content (AvgIpc) is 3.32. The molecular formula is C18H19ClN2O. The Balaban J connectivity index is 1.61. The molecule has 3 rings (SSSR count). The summed E-state index contributed by atoms with van der Waals surface area (Å²) in [5.74, 6) is 0.678. The third-order valence-electron chi connectivity index (χ3n) is 3.76. The molecular weight excluding hydrogens is 296 g/mol. The van der Waals surface area contributed by atoms with E-state index in [1.807, 2.05) is 24.3 Å². The first kappa shape index (κ1) is 15.1. The van der Waals surface area contributed by atoms with Crippen LogP contribution in [0.25, 0.3) is 0 Å². The van der Waals surface area contributed by atoms with Gasteiger partial charge in [0.25, 0.3) is 5.91 Å². The molecule has 4 heteroatoms. The monoisotopic (exact) mass is 314 g/mol. The van der Waals surface area contributed by atoms with Gasteiger partial charge in [0.2, 0.25) is 0 Å². The Morgan fingerprint density at radius 2 is 1.95 bits per heavy atom. The van der Waals surface area contributed by atoms with Crippen molar-refractivity contribution in [3.05, 3.63) is 64.7 Å². The Kier molecular flexibility index (Phi) is 4.76. The van der Waals surface area contributed by atoms with E-state index in [4.69, 9.17) is 11.6 Å². The lowest BCUT2D eigenvalue weighted by Crippen LogP contribution is -2.16. The van der Waals surface area contributed by atoms with E-state index < -0.39 is 0 Å². The van der Waals surface area contributed by atoms with Gasteiger partial charge in [0.1, 0.15) is 0 Å². The van der Waals surface area contributed by atoms with Gasteiger partial charge in [-0.05, 0) is 55.1 Å². The highest BCUT2D eigenvalue weighted by atomic mass is 35.5. The Labute approximate surface area is 135 Å². The van der Waals surface area contributed by atoms with Gasteiger partial charge in [-0.15, -0.1) is 0 Å². The van der Waals surface area contributed by atoms with Crippen LogP contribution in [0.15, 0.2) is 48.5 Å². The third kappa shape index (κ3) is 4.09. The summed E-state index contributed by atoms with van der Waals surface area (Å²) in [6.45, 7) is 1.91. The molecule has 0 aliphatic heterocycles. The minimum atomic E-state index is -0.186. The number of amides is 1. The molecule has 0 unspecified atom stereocenters. The van der Waals surface area contributed by atoms with Crippen LogP contribution in [0.1, 0.15) is 28.8 Å². The first-order chi connectivity index (χ1) is 10.7. The lowest BCUT2D eigenvalue weighted by Gasteiger charge is -2.09. The van der Waals surface area contributed by atoms with E-state index in [1.165, 1.54) is 12.8 Å². The summed E-state index contributed by atoms with van der Waals surface area (Å²) >= 11 is 6.05. The largest absolute Gasteiger partial charge is 0.322 e. The standard InChI is InChI=1S/C18H19ClN2O/c19-17-7-2-1-6-16(17)18(22)21-15-5-3-4-14(10-15)12-20-11-13-8-9-13/h1-7,10,13,20H,8-9,11-12H2,(H,21,22). The highest BCUT2D eigenvalue weighted by Crippen LogP contribution is 2.27. The van der Waals surface area contributed by atoms with Crippen molar-refractivity contribution in [2.75, 3.05) is 11.9 Å². The molecule has 1 fully saturated rings. The van der Waals surface area contributed by atoms with Crippen molar-refractivity contribution in [3.63, 3.8) is 0 Å². The number of hydrogen-bond acceptors (Lipinski definition) is 2. The van der Waals surface area contributed by atoms with Crippen LogP contribution in [-0.2, 0) is 6.54 Å². The maximum absolute atomic E-state index is 12.2. The zero-order valence-electron chi connectivity index (χ0n) is 12.3. The van der Waals surface area contributed by atoms with E-state index in [1.54, 1.807) is 18.2 Å². The van der Waals surface area contributed by atoms with Crippen LogP contribution < -0.4 is 10.6 Å². The number of anilines is 1. The normalized spacial score (nSPS) is 13.9. The summed E-state index contributed by atoms with van der Waals surface area (Å²) < 4.78 is 0. The van der Waals surface area contributed by atoms with E-state index in [2.05, 4.69) is 16.7 Å². The van der Waals surface area contributed by atoms with Crippen molar-refractivity contribution in [2.24, 2.45) is 5.92 Å². The van der Waals surface area contributed by atoms with Gasteiger partial charge in [-0.3, -0.25) is 4.79 Å². The van der Waals surface area contributed by atoms with Gasteiger partial charge in [0.15, 0.2) is 0 Å². The highest BCUT2D eigenvalue weighted by molar-refractivity contribution is 6.34. The third-order valence-corrected chi connectivity index (χ3v) is 4.09. The molecule has 1 amide bonds. The number of rotatable bonds is 6. The second-order valence-electron chi connectivity index (χ2n) is 5.71. The molecule has 3 nitrogen and oxygen atoms in total. The second-order valence-corrected chi connectivity index (χ2v) is 6.12. The molecule has 0 heterocycles. The van der Waals surface area contributed by atoms with Crippen molar-refractivity contribution >= 4 is 23.2 Å². The van der Waals surface area contributed by atoms with Crippen LogP contribution in [0.2, 0.25) is 5.02 Å². The summed E-state index contributed by atoms with van der Waals surface area (Å²) in [4.78, 5) is 12.2. The smallest absolute Gasteiger partial charge is 0.257 e. The molecule has 0 radical (unpaired) electrons. The predicted octanol–water partition coefficient (Wildman–Crippen LogP) is 4.09. The molecule has 1 aliphatic rings. The van der Waals surface area contributed by atoms with Crippen molar-refractivity contribution in [1.29, 1.82) is 0 Å². The quantitative estimate of drug-likeness (QED) is 0.843. The molecule has 22 heavy (non-hydrogen) atoms. The average molecular weight is 315 g/mol. The van der Waals surface area contributed by atoms with E-state index in [-0.39, 0.29) is 5.91 Å². The summed E-state index contributed by atoms with van der Waals surface area (Å²) in [6.07, 6.45) is 2.70. The van der Waals surface area contributed by atoms with Crippen molar-refractivity contribution in [2.45, 2.75) is 19.4 Å². The van der Waals surface area contributed by atoms with E-state index in [0.29, 0.717) is 10.6 Å². The fraction of sp³-hybridized carbons (Fsp3) is 0.278. The number of benzene rings is 2. The molecule has 0 bridgehead atoms. The molecule has 2 aromatic carbocycles. The summed E-state index contributed by atoms with van der Waals surface area (Å²) in [7, 11) is 0. The maximum atomic E-state index is 12.2. The van der Waals surface area contributed by atoms with Crippen LogP contribution >= 0.6 is 11.6 Å². The fourth-order valence-electron chi connectivity index (χ4n) is 2.35. The van der Waals surface area contributed by atoms with Gasteiger partial charge in [0, 0.05) is 12.2 Å². The van der Waals surface area contributed by atoms with E-state index >= 15 is 0 Å². The molecule has 1 saturated carbocycles. The summed E-state index contributed by atoms with van der Waals surface area (Å²) in [5, 5.41) is 6.81. The summed E-state index contributed by atoms with van der Waals surface area (Å²) in [6, 6.07) is 15.0. The van der Waals surface area contributed by atoms with E-state index in [0.717, 1.165) is 30.3 Å². The van der Waals surface area contributed by atoms with Crippen LogP contribution in [0.5, 0.6) is 0 Å². The lowest BCUT2D eigenvalue weighted by atomic mass is 10.1. The lowest BCUT2D eigenvalue weighted by molar-refractivity contribution is 0.102. The number of nitrogens with one attached hydrogen (secondary N) is 2. The number of hydrogen-bond donors (Lipinski definition) is 2. The Morgan fingerprint density at radius 3 is 2.73 bits per heavy atom. The first-order valence-corrected chi connectivity index (χ1v) is 7.96. The molecule has 2 N–H and O–H groups in total. The minimum Gasteiger partial charge on any atom is -0.322 e. The zero-order valence-corrected chi connectivity index (χ0v) is 13.1. The Morgan fingerprint density at radius 1 is 1.14 bits per heavy atom. The van der Waals surface area contributed by atoms with Gasteiger partial charge in [-0.25, -0.2) is 0 Å². The molecule has 0 spiro atoms. The fourth-order valence-corrected chi connectivity index (χ4v) is 2.57. The SMILES string of the molecule is O=C(Nc1cccc(CNCC2CC2)c1)c1ccccc1Cl. The molecule has 2 aromatic rings. The van der Waals surface area contributed by atoms with Gasteiger partial charge in [-0.2, -0.15) is 0 Å². The van der Waals surface area contributed by atoms with E-state index in [9.17, 15) is 4.79 Å². The number of halogens is 1. The minimum absolute atomic E-state index is 0.186. The van der Waals surface area contributed by atoms with Crippen molar-refractivity contribution in [3.8, 4) is 0 Å². The van der Waals surface area contributed by atoms with Crippen LogP contribution in [0, 0.1) is 5.92 Å². The van der Waals surface area contributed by atoms with Crippen molar-refractivity contribution < 1.29 is 4.79 Å². The predicted molar refractivity (Wildman–Crippen MR) is 90.3 cm³/mol. The molecule has 0 atom stereocenters. The topological polar surface area (TPSA) is 41.1 Å². The van der Waals surface area contributed by atoms with Gasteiger partial charge >= 0.3 is 0 Å². The maximum Gasteiger partial charge on any atom is 0.257 e.